The second-order valence-electron chi connectivity index (χ2n) is 4.91. The van der Waals surface area contributed by atoms with Crippen LogP contribution in [0.1, 0.15) is 18.4 Å². The largest absolute Gasteiger partial charge is 0.334 e. The predicted molar refractivity (Wildman–Crippen MR) is 75.3 cm³/mol. The summed E-state index contributed by atoms with van der Waals surface area (Å²) in [5.41, 5.74) is 9.08. The lowest BCUT2D eigenvalue weighted by Gasteiger charge is -2.16. The van der Waals surface area contributed by atoms with E-state index < -0.39 is 0 Å². The second-order valence-corrected chi connectivity index (χ2v) is 4.91. The van der Waals surface area contributed by atoms with E-state index in [4.69, 9.17) is 5.73 Å². The van der Waals surface area contributed by atoms with Gasteiger partial charge < -0.3 is 15.2 Å². The van der Waals surface area contributed by atoms with Crippen LogP contribution in [0.4, 0.5) is 0 Å². The van der Waals surface area contributed by atoms with Crippen molar-refractivity contribution in [3.8, 4) is 0 Å². The molecule has 0 unspecified atom stereocenters. The fourth-order valence-corrected chi connectivity index (χ4v) is 2.20. The van der Waals surface area contributed by atoms with Gasteiger partial charge in [-0.3, -0.25) is 0 Å². The lowest BCUT2D eigenvalue weighted by atomic mass is 10.2. The Morgan fingerprint density at radius 1 is 1.33 bits per heavy atom. The minimum atomic E-state index is 0.785. The van der Waals surface area contributed by atoms with Crippen LogP contribution in [-0.4, -0.2) is 34.6 Å². The lowest BCUT2D eigenvalue weighted by molar-refractivity contribution is 0.319. The highest BCUT2D eigenvalue weighted by Gasteiger charge is 2.03. The molecular formula is C14H22N4. The van der Waals surface area contributed by atoms with Gasteiger partial charge in [-0.05, 0) is 50.7 Å². The van der Waals surface area contributed by atoms with E-state index in [1.165, 1.54) is 17.5 Å². The third-order valence-corrected chi connectivity index (χ3v) is 3.24. The zero-order valence-electron chi connectivity index (χ0n) is 11.3. The number of benzene rings is 1. The molecule has 98 valence electrons. The van der Waals surface area contributed by atoms with E-state index in [1.54, 1.807) is 0 Å². The lowest BCUT2D eigenvalue weighted by Crippen LogP contribution is -2.19. The van der Waals surface area contributed by atoms with Gasteiger partial charge in [0.1, 0.15) is 0 Å². The van der Waals surface area contributed by atoms with Crippen molar-refractivity contribution in [3.05, 3.63) is 30.1 Å². The van der Waals surface area contributed by atoms with Crippen LogP contribution in [0.3, 0.4) is 0 Å². The fourth-order valence-electron chi connectivity index (χ4n) is 2.20. The molecule has 0 aliphatic heterocycles. The van der Waals surface area contributed by atoms with E-state index >= 15 is 0 Å². The molecule has 0 aliphatic rings. The summed E-state index contributed by atoms with van der Waals surface area (Å²) >= 11 is 0. The quantitative estimate of drug-likeness (QED) is 0.790. The van der Waals surface area contributed by atoms with Gasteiger partial charge in [-0.1, -0.05) is 6.07 Å². The number of hydrogen-bond donors (Lipinski definition) is 1. The topological polar surface area (TPSA) is 47.1 Å². The highest BCUT2D eigenvalue weighted by atomic mass is 15.1. The first kappa shape index (κ1) is 13.1. The molecule has 0 spiro atoms. The Kier molecular flexibility index (Phi) is 4.33. The number of nitrogens with zero attached hydrogens (tertiary/aromatic N) is 3. The fraction of sp³-hybridized carbons (Fsp3) is 0.500. The molecule has 0 saturated heterocycles. The number of unbranched alkanes of at least 4 members (excludes halogenated alkanes) is 1. The first-order valence-corrected chi connectivity index (χ1v) is 6.49. The summed E-state index contributed by atoms with van der Waals surface area (Å²) in [5.74, 6) is 0. The number of imidazole rings is 1. The molecule has 1 heterocycles. The van der Waals surface area contributed by atoms with Gasteiger partial charge in [-0.25, -0.2) is 4.98 Å². The van der Waals surface area contributed by atoms with Crippen LogP contribution in [-0.2, 0) is 13.6 Å². The van der Waals surface area contributed by atoms with Crippen LogP contribution in [0.15, 0.2) is 24.5 Å². The van der Waals surface area contributed by atoms with E-state index in [1.807, 2.05) is 17.9 Å². The van der Waals surface area contributed by atoms with Gasteiger partial charge >= 0.3 is 0 Å². The Morgan fingerprint density at radius 2 is 2.17 bits per heavy atom. The summed E-state index contributed by atoms with van der Waals surface area (Å²) in [6.45, 7) is 2.85. The van der Waals surface area contributed by atoms with Crippen molar-refractivity contribution in [2.75, 3.05) is 20.1 Å². The number of aryl methyl sites for hydroxylation is 1. The maximum Gasteiger partial charge on any atom is 0.0955 e. The first-order chi connectivity index (χ1) is 8.70. The first-order valence-electron chi connectivity index (χ1n) is 6.49. The minimum Gasteiger partial charge on any atom is -0.334 e. The molecule has 0 saturated carbocycles. The smallest absolute Gasteiger partial charge is 0.0955 e. The van der Waals surface area contributed by atoms with Crippen molar-refractivity contribution in [1.82, 2.24) is 14.5 Å². The highest BCUT2D eigenvalue weighted by Crippen LogP contribution is 2.15. The van der Waals surface area contributed by atoms with Crippen molar-refractivity contribution < 1.29 is 0 Å². The molecule has 18 heavy (non-hydrogen) atoms. The molecule has 0 atom stereocenters. The third-order valence-electron chi connectivity index (χ3n) is 3.24. The van der Waals surface area contributed by atoms with E-state index in [-0.39, 0.29) is 0 Å². The number of fused-ring (bicyclic) bond motifs is 1. The molecule has 0 fully saturated rings. The van der Waals surface area contributed by atoms with E-state index in [0.717, 1.165) is 31.6 Å². The van der Waals surface area contributed by atoms with Crippen LogP contribution in [0, 0.1) is 0 Å². The van der Waals surface area contributed by atoms with Crippen LogP contribution in [0.25, 0.3) is 11.0 Å². The molecule has 0 amide bonds. The summed E-state index contributed by atoms with van der Waals surface area (Å²) in [6, 6.07) is 6.50. The Labute approximate surface area is 108 Å². The van der Waals surface area contributed by atoms with Crippen molar-refractivity contribution in [2.24, 2.45) is 12.8 Å². The zero-order chi connectivity index (χ0) is 13.0. The van der Waals surface area contributed by atoms with Gasteiger partial charge in [-0.15, -0.1) is 0 Å². The van der Waals surface area contributed by atoms with Crippen molar-refractivity contribution in [1.29, 1.82) is 0 Å². The number of hydrogen-bond acceptors (Lipinski definition) is 3. The van der Waals surface area contributed by atoms with Gasteiger partial charge in [0.05, 0.1) is 17.4 Å². The Morgan fingerprint density at radius 3 is 2.94 bits per heavy atom. The monoisotopic (exact) mass is 246 g/mol. The van der Waals surface area contributed by atoms with Crippen LogP contribution < -0.4 is 5.73 Å². The molecule has 0 radical (unpaired) electrons. The number of rotatable bonds is 6. The molecule has 4 heteroatoms. The molecule has 1 aromatic heterocycles. The van der Waals surface area contributed by atoms with Gasteiger partial charge in [-0.2, -0.15) is 0 Å². The maximum atomic E-state index is 5.50. The summed E-state index contributed by atoms with van der Waals surface area (Å²) in [5, 5.41) is 0. The molecule has 2 N–H and O–H groups in total. The van der Waals surface area contributed by atoms with E-state index in [2.05, 4.69) is 35.1 Å². The average Bonchev–Trinajstić information content (AvgIpc) is 2.71. The molecule has 2 aromatic rings. The average molecular weight is 246 g/mol. The number of aromatic nitrogens is 2. The highest BCUT2D eigenvalue weighted by molar-refractivity contribution is 5.75. The van der Waals surface area contributed by atoms with Crippen LogP contribution in [0.5, 0.6) is 0 Å². The molecular weight excluding hydrogens is 224 g/mol. The Balaban J connectivity index is 1.98. The zero-order valence-corrected chi connectivity index (χ0v) is 11.3. The summed E-state index contributed by atoms with van der Waals surface area (Å²) in [4.78, 5) is 6.72. The van der Waals surface area contributed by atoms with Crippen molar-refractivity contribution >= 4 is 11.0 Å². The maximum absolute atomic E-state index is 5.50. The summed E-state index contributed by atoms with van der Waals surface area (Å²) < 4.78 is 2.05. The molecule has 2 rings (SSSR count). The molecule has 4 nitrogen and oxygen atoms in total. The van der Waals surface area contributed by atoms with Crippen LogP contribution in [0.2, 0.25) is 0 Å². The second kappa shape index (κ2) is 5.98. The third kappa shape index (κ3) is 3.09. The van der Waals surface area contributed by atoms with Crippen LogP contribution >= 0.6 is 0 Å². The van der Waals surface area contributed by atoms with Crippen molar-refractivity contribution in [3.63, 3.8) is 0 Å². The SMILES string of the molecule is CN(CCCCN)Cc1ccc2c(c1)ncn2C. The van der Waals surface area contributed by atoms with E-state index in [9.17, 15) is 0 Å². The summed E-state index contributed by atoms with van der Waals surface area (Å²) in [7, 11) is 4.17. The molecule has 0 bridgehead atoms. The standard InChI is InChI=1S/C14H22N4/c1-17(8-4-3-7-15)10-12-5-6-14-13(9-12)16-11-18(14)2/h5-6,9,11H,3-4,7-8,10,15H2,1-2H3. The van der Waals surface area contributed by atoms with E-state index in [0.29, 0.717) is 0 Å². The Hall–Kier alpha value is -1.39. The minimum absolute atomic E-state index is 0.785. The van der Waals surface area contributed by atoms with Gasteiger partial charge in [0.15, 0.2) is 0 Å². The molecule has 1 aromatic carbocycles. The number of nitrogens with two attached hydrogens (primary N) is 1. The molecule has 0 aliphatic carbocycles. The normalized spacial score (nSPS) is 11.6. The van der Waals surface area contributed by atoms with Gasteiger partial charge in [0.25, 0.3) is 0 Å². The predicted octanol–water partition coefficient (Wildman–Crippen LogP) is 1.74. The Bertz CT molecular complexity index is 503. The summed E-state index contributed by atoms with van der Waals surface area (Å²) in [6.07, 6.45) is 4.13. The van der Waals surface area contributed by atoms with Gasteiger partial charge in [0, 0.05) is 13.6 Å². The van der Waals surface area contributed by atoms with Crippen molar-refractivity contribution in [2.45, 2.75) is 19.4 Å². The van der Waals surface area contributed by atoms with Gasteiger partial charge in [0.2, 0.25) is 0 Å².